The summed E-state index contributed by atoms with van der Waals surface area (Å²) in [5, 5.41) is 5.18. The average molecular weight is 204 g/mol. The van der Waals surface area contributed by atoms with Crippen LogP contribution in [0.4, 0.5) is 0 Å². The molecule has 0 aliphatic carbocycles. The molecule has 2 N–H and O–H groups in total. The number of ether oxygens (including phenoxy) is 1. The monoisotopic (exact) mass is 204 g/mol. The number of aromatic amines is 2. The van der Waals surface area contributed by atoms with Gasteiger partial charge in [-0.1, -0.05) is 17.7 Å². The highest BCUT2D eigenvalue weighted by atomic mass is 16.5. The van der Waals surface area contributed by atoms with Gasteiger partial charge in [-0.25, -0.2) is 0 Å². The van der Waals surface area contributed by atoms with Crippen LogP contribution in [0.5, 0.6) is 5.75 Å². The first kappa shape index (κ1) is 9.58. The van der Waals surface area contributed by atoms with Gasteiger partial charge >= 0.3 is 0 Å². The standard InChI is InChI=1S/C11H12N2O2/c1-8-2-4-10(5-3-8)15-7-9-6-11(14)13-12-9/h2-6H,7H2,1H3,(H2,12,13,14). The summed E-state index contributed by atoms with van der Waals surface area (Å²) >= 11 is 0. The molecule has 0 atom stereocenters. The van der Waals surface area contributed by atoms with Gasteiger partial charge in [0.1, 0.15) is 12.4 Å². The van der Waals surface area contributed by atoms with Crippen molar-refractivity contribution in [3.05, 3.63) is 51.9 Å². The summed E-state index contributed by atoms with van der Waals surface area (Å²) in [7, 11) is 0. The van der Waals surface area contributed by atoms with Crippen LogP contribution in [0.2, 0.25) is 0 Å². The zero-order valence-electron chi connectivity index (χ0n) is 8.41. The Morgan fingerprint density at radius 3 is 2.53 bits per heavy atom. The molecule has 1 aromatic carbocycles. The summed E-state index contributed by atoms with van der Waals surface area (Å²) in [5.74, 6) is 0.794. The molecule has 78 valence electrons. The normalized spacial score (nSPS) is 10.2. The average Bonchev–Trinajstić information content (AvgIpc) is 2.64. The molecule has 4 nitrogen and oxygen atoms in total. The molecule has 0 unspecified atom stereocenters. The molecule has 1 heterocycles. The van der Waals surface area contributed by atoms with Crippen LogP contribution in [0.15, 0.2) is 35.1 Å². The number of hydrogen-bond acceptors (Lipinski definition) is 2. The fourth-order valence-electron chi connectivity index (χ4n) is 1.25. The fraction of sp³-hybridized carbons (Fsp3) is 0.182. The number of benzene rings is 1. The topological polar surface area (TPSA) is 57.9 Å². The lowest BCUT2D eigenvalue weighted by molar-refractivity contribution is 0.301. The van der Waals surface area contributed by atoms with Crippen LogP contribution < -0.4 is 10.3 Å². The Morgan fingerprint density at radius 1 is 1.20 bits per heavy atom. The van der Waals surface area contributed by atoms with Gasteiger partial charge in [-0.2, -0.15) is 0 Å². The zero-order valence-corrected chi connectivity index (χ0v) is 8.41. The fourth-order valence-corrected chi connectivity index (χ4v) is 1.25. The molecule has 0 aliphatic heterocycles. The molecule has 0 fully saturated rings. The predicted octanol–water partition coefficient (Wildman–Crippen LogP) is 1.59. The molecule has 0 saturated heterocycles. The minimum Gasteiger partial charge on any atom is -0.487 e. The van der Waals surface area contributed by atoms with Crippen molar-refractivity contribution in [2.45, 2.75) is 13.5 Å². The van der Waals surface area contributed by atoms with Crippen LogP contribution in [0.1, 0.15) is 11.3 Å². The Balaban J connectivity index is 1.99. The summed E-state index contributed by atoms with van der Waals surface area (Å²) < 4.78 is 5.47. The van der Waals surface area contributed by atoms with Crippen molar-refractivity contribution in [1.29, 1.82) is 0 Å². The van der Waals surface area contributed by atoms with Crippen LogP contribution in [0, 0.1) is 6.92 Å². The van der Waals surface area contributed by atoms with Gasteiger partial charge in [-0.05, 0) is 19.1 Å². The maximum atomic E-state index is 10.8. The molecule has 0 saturated carbocycles. The van der Waals surface area contributed by atoms with E-state index in [1.807, 2.05) is 31.2 Å². The second-order valence-corrected chi connectivity index (χ2v) is 3.39. The van der Waals surface area contributed by atoms with E-state index in [1.165, 1.54) is 11.6 Å². The highest BCUT2D eigenvalue weighted by Crippen LogP contribution is 2.12. The van der Waals surface area contributed by atoms with E-state index < -0.39 is 0 Å². The van der Waals surface area contributed by atoms with E-state index in [-0.39, 0.29) is 5.56 Å². The highest BCUT2D eigenvalue weighted by Gasteiger charge is 1.97. The van der Waals surface area contributed by atoms with E-state index >= 15 is 0 Å². The van der Waals surface area contributed by atoms with Crippen molar-refractivity contribution >= 4 is 0 Å². The van der Waals surface area contributed by atoms with Crippen molar-refractivity contribution in [3.8, 4) is 5.75 Å². The van der Waals surface area contributed by atoms with E-state index in [2.05, 4.69) is 10.2 Å². The Morgan fingerprint density at radius 2 is 1.93 bits per heavy atom. The molecule has 2 rings (SSSR count). The SMILES string of the molecule is Cc1ccc(OCc2cc(=O)[nH][nH]2)cc1. The molecule has 0 amide bonds. The molecule has 0 bridgehead atoms. The van der Waals surface area contributed by atoms with E-state index in [9.17, 15) is 4.79 Å². The Labute approximate surface area is 86.9 Å². The molecule has 1 aromatic heterocycles. The molecule has 4 heteroatoms. The molecule has 0 radical (unpaired) electrons. The third-order valence-electron chi connectivity index (χ3n) is 2.07. The number of H-pyrrole nitrogens is 2. The summed E-state index contributed by atoms with van der Waals surface area (Å²) in [6.07, 6.45) is 0. The largest absolute Gasteiger partial charge is 0.487 e. The van der Waals surface area contributed by atoms with E-state index in [1.54, 1.807) is 0 Å². The zero-order chi connectivity index (χ0) is 10.7. The van der Waals surface area contributed by atoms with Crippen LogP contribution in [-0.4, -0.2) is 10.2 Å². The molecular formula is C11H12N2O2. The molecule has 15 heavy (non-hydrogen) atoms. The van der Waals surface area contributed by atoms with Crippen LogP contribution >= 0.6 is 0 Å². The van der Waals surface area contributed by atoms with Gasteiger partial charge in [0.05, 0.1) is 5.69 Å². The maximum absolute atomic E-state index is 10.8. The first-order chi connectivity index (χ1) is 7.24. The van der Waals surface area contributed by atoms with Gasteiger partial charge in [0.2, 0.25) is 0 Å². The molecule has 0 spiro atoms. The summed E-state index contributed by atoms with van der Waals surface area (Å²) in [6, 6.07) is 9.25. The van der Waals surface area contributed by atoms with Crippen molar-refractivity contribution in [2.75, 3.05) is 0 Å². The second kappa shape index (κ2) is 4.04. The lowest BCUT2D eigenvalue weighted by Gasteiger charge is -2.04. The third kappa shape index (κ3) is 2.49. The van der Waals surface area contributed by atoms with Crippen LogP contribution in [0.3, 0.4) is 0 Å². The second-order valence-electron chi connectivity index (χ2n) is 3.39. The lowest BCUT2D eigenvalue weighted by atomic mass is 10.2. The van der Waals surface area contributed by atoms with Crippen molar-refractivity contribution in [3.63, 3.8) is 0 Å². The number of hydrogen-bond donors (Lipinski definition) is 2. The smallest absolute Gasteiger partial charge is 0.264 e. The minimum absolute atomic E-state index is 0.141. The number of aryl methyl sites for hydroxylation is 1. The van der Waals surface area contributed by atoms with Gasteiger partial charge in [-0.3, -0.25) is 15.0 Å². The van der Waals surface area contributed by atoms with Gasteiger partial charge in [-0.15, -0.1) is 0 Å². The third-order valence-corrected chi connectivity index (χ3v) is 2.07. The van der Waals surface area contributed by atoms with Crippen LogP contribution in [0.25, 0.3) is 0 Å². The van der Waals surface area contributed by atoms with Crippen molar-refractivity contribution in [1.82, 2.24) is 10.2 Å². The summed E-state index contributed by atoms with van der Waals surface area (Å²) in [5.41, 5.74) is 1.79. The Hall–Kier alpha value is -1.97. The van der Waals surface area contributed by atoms with E-state index in [0.29, 0.717) is 6.61 Å². The first-order valence-corrected chi connectivity index (χ1v) is 4.70. The van der Waals surface area contributed by atoms with Gasteiger partial charge < -0.3 is 4.74 Å². The number of rotatable bonds is 3. The number of aromatic nitrogens is 2. The summed E-state index contributed by atoms with van der Waals surface area (Å²) in [6.45, 7) is 2.38. The Bertz CT molecular complexity index is 482. The van der Waals surface area contributed by atoms with Crippen molar-refractivity contribution in [2.24, 2.45) is 0 Å². The maximum Gasteiger partial charge on any atom is 0.264 e. The van der Waals surface area contributed by atoms with Crippen molar-refractivity contribution < 1.29 is 4.74 Å². The van der Waals surface area contributed by atoms with Gasteiger partial charge in [0.25, 0.3) is 5.56 Å². The molecule has 0 aliphatic rings. The highest BCUT2D eigenvalue weighted by molar-refractivity contribution is 5.26. The summed E-state index contributed by atoms with van der Waals surface area (Å²) in [4.78, 5) is 10.8. The predicted molar refractivity (Wildman–Crippen MR) is 56.9 cm³/mol. The van der Waals surface area contributed by atoms with Gasteiger partial charge in [0, 0.05) is 6.07 Å². The van der Waals surface area contributed by atoms with E-state index in [0.717, 1.165) is 11.4 Å². The number of nitrogens with one attached hydrogen (secondary N) is 2. The van der Waals surface area contributed by atoms with Crippen LogP contribution in [-0.2, 0) is 6.61 Å². The van der Waals surface area contributed by atoms with E-state index in [4.69, 9.17) is 4.74 Å². The first-order valence-electron chi connectivity index (χ1n) is 4.70. The minimum atomic E-state index is -0.141. The molecule has 2 aromatic rings. The lowest BCUT2D eigenvalue weighted by Crippen LogP contribution is -1.96. The molecular weight excluding hydrogens is 192 g/mol. The van der Waals surface area contributed by atoms with Gasteiger partial charge in [0.15, 0.2) is 0 Å². The quantitative estimate of drug-likeness (QED) is 0.797. The Kier molecular flexibility index (Phi) is 2.58.